The van der Waals surface area contributed by atoms with Crippen LogP contribution in [0.5, 0.6) is 0 Å². The molecule has 1 aliphatic heterocycles. The first-order valence-electron chi connectivity index (χ1n) is 10.3. The van der Waals surface area contributed by atoms with Crippen LogP contribution in [0.15, 0.2) is 54.4 Å². The lowest BCUT2D eigenvalue weighted by atomic mass is 9.96. The molecule has 1 aliphatic carbocycles. The third-order valence-electron chi connectivity index (χ3n) is 6.00. The molecule has 6 nitrogen and oxygen atoms in total. The topological polar surface area (TPSA) is 63.9 Å². The number of carbonyl (C=O) groups excluding carboxylic acids is 1. The van der Waals surface area contributed by atoms with Crippen molar-refractivity contribution in [2.75, 3.05) is 4.90 Å². The highest BCUT2D eigenvalue weighted by Crippen LogP contribution is 2.49. The van der Waals surface area contributed by atoms with E-state index in [0.717, 1.165) is 29.8 Å². The Morgan fingerprint density at radius 1 is 1.12 bits per heavy atom. The number of amides is 1. The molecule has 5 rings (SSSR count). The van der Waals surface area contributed by atoms with Gasteiger partial charge in [0.1, 0.15) is 18.2 Å². The first-order valence-corrected chi connectivity index (χ1v) is 10.3. The fourth-order valence-electron chi connectivity index (χ4n) is 4.65. The summed E-state index contributed by atoms with van der Waals surface area (Å²) in [5.74, 6) is -0.0491. The minimum absolute atomic E-state index is 0.0265. The monoisotopic (exact) mass is 439 g/mol. The van der Waals surface area contributed by atoms with E-state index in [9.17, 15) is 18.0 Å². The lowest BCUT2D eigenvalue weighted by molar-refractivity contribution is -0.137. The molecule has 1 saturated heterocycles. The van der Waals surface area contributed by atoms with Gasteiger partial charge in [-0.15, -0.1) is 10.2 Å². The Bertz CT molecular complexity index is 1250. The molecule has 164 valence electrons. The van der Waals surface area contributed by atoms with E-state index >= 15 is 0 Å². The normalized spacial score (nSPS) is 20.6. The Balaban J connectivity index is 1.67. The molecule has 2 unspecified atom stereocenters. The first-order chi connectivity index (χ1) is 15.2. The van der Waals surface area contributed by atoms with E-state index in [-0.39, 0.29) is 23.3 Å². The van der Waals surface area contributed by atoms with Gasteiger partial charge in [0.15, 0.2) is 5.82 Å². The fraction of sp³-hybridized carbons (Fsp3) is 0.304. The predicted molar refractivity (Wildman–Crippen MR) is 111 cm³/mol. The van der Waals surface area contributed by atoms with E-state index in [2.05, 4.69) is 15.2 Å². The van der Waals surface area contributed by atoms with Crippen molar-refractivity contribution in [3.8, 4) is 5.69 Å². The molecule has 3 heterocycles. The van der Waals surface area contributed by atoms with Crippen LogP contribution in [0.3, 0.4) is 0 Å². The second kappa shape index (κ2) is 7.29. The molecule has 2 atom stereocenters. The maximum atomic E-state index is 13.5. The van der Waals surface area contributed by atoms with Gasteiger partial charge in [-0.1, -0.05) is 18.2 Å². The zero-order valence-electron chi connectivity index (χ0n) is 17.5. The van der Waals surface area contributed by atoms with Crippen molar-refractivity contribution in [3.63, 3.8) is 0 Å². The predicted octanol–water partition coefficient (Wildman–Crippen LogP) is 4.72. The largest absolute Gasteiger partial charge is 0.416 e. The number of halogens is 3. The van der Waals surface area contributed by atoms with Gasteiger partial charge in [0.05, 0.1) is 5.56 Å². The Labute approximate surface area is 182 Å². The third kappa shape index (κ3) is 3.28. The SMILES string of the molecule is Cc1cccc(-n2cnnc2C2C3CCC=C3C(=O)N2c2cc(C(F)(F)F)cc(C)n2)c1. The van der Waals surface area contributed by atoms with E-state index in [1.54, 1.807) is 10.9 Å². The van der Waals surface area contributed by atoms with E-state index < -0.39 is 17.8 Å². The highest BCUT2D eigenvalue weighted by Gasteiger charge is 2.50. The summed E-state index contributed by atoms with van der Waals surface area (Å²) in [5.41, 5.74) is 1.81. The molecule has 1 aromatic carbocycles. The van der Waals surface area contributed by atoms with E-state index in [1.807, 2.05) is 37.3 Å². The number of fused-ring (bicyclic) bond motifs is 1. The molecular formula is C23H20F3N5O. The van der Waals surface area contributed by atoms with Crippen LogP contribution in [0.4, 0.5) is 19.0 Å². The Kier molecular flexibility index (Phi) is 4.65. The Morgan fingerprint density at radius 3 is 2.69 bits per heavy atom. The van der Waals surface area contributed by atoms with E-state index in [4.69, 9.17) is 0 Å². The molecule has 0 N–H and O–H groups in total. The van der Waals surface area contributed by atoms with Crippen molar-refractivity contribution in [2.24, 2.45) is 5.92 Å². The number of aromatic nitrogens is 4. The van der Waals surface area contributed by atoms with Crippen LogP contribution in [-0.4, -0.2) is 25.7 Å². The van der Waals surface area contributed by atoms with Crippen molar-refractivity contribution < 1.29 is 18.0 Å². The van der Waals surface area contributed by atoms with Gasteiger partial charge in [0.25, 0.3) is 5.91 Å². The van der Waals surface area contributed by atoms with Crippen LogP contribution < -0.4 is 4.90 Å². The summed E-state index contributed by atoms with van der Waals surface area (Å²) >= 11 is 0. The van der Waals surface area contributed by atoms with Gasteiger partial charge >= 0.3 is 6.18 Å². The number of carbonyl (C=O) groups is 1. The summed E-state index contributed by atoms with van der Waals surface area (Å²) < 4.78 is 42.3. The smallest absolute Gasteiger partial charge is 0.284 e. The number of alkyl halides is 3. The number of pyridine rings is 1. The van der Waals surface area contributed by atoms with E-state index in [0.29, 0.717) is 17.8 Å². The summed E-state index contributed by atoms with van der Waals surface area (Å²) in [6.45, 7) is 3.45. The lowest BCUT2D eigenvalue weighted by Gasteiger charge is -2.27. The molecule has 32 heavy (non-hydrogen) atoms. The number of aryl methyl sites for hydroxylation is 2. The maximum absolute atomic E-state index is 13.5. The molecule has 0 saturated carbocycles. The summed E-state index contributed by atoms with van der Waals surface area (Å²) in [4.78, 5) is 19.0. The average molecular weight is 439 g/mol. The highest BCUT2D eigenvalue weighted by atomic mass is 19.4. The molecule has 1 fully saturated rings. The summed E-state index contributed by atoms with van der Waals surface area (Å²) in [6.07, 6.45) is 0.337. The van der Waals surface area contributed by atoms with Crippen molar-refractivity contribution >= 4 is 11.7 Å². The zero-order chi connectivity index (χ0) is 22.6. The minimum atomic E-state index is -4.54. The van der Waals surface area contributed by atoms with E-state index in [1.165, 1.54) is 11.8 Å². The second-order valence-corrected chi connectivity index (χ2v) is 8.21. The van der Waals surface area contributed by atoms with Crippen LogP contribution in [0, 0.1) is 19.8 Å². The second-order valence-electron chi connectivity index (χ2n) is 8.21. The lowest BCUT2D eigenvalue weighted by Crippen LogP contribution is -2.32. The molecular weight excluding hydrogens is 419 g/mol. The van der Waals surface area contributed by atoms with Gasteiger partial charge in [-0.2, -0.15) is 13.2 Å². The van der Waals surface area contributed by atoms with Crippen LogP contribution in [0.2, 0.25) is 0 Å². The standard InChI is InChI=1S/C23H20F3N5O/c1-13-5-3-6-16(9-13)30-12-27-29-21(30)20-17-7-4-8-18(17)22(32)31(20)19-11-15(23(24,25)26)10-14(2)28-19/h3,5-6,8-12,17,20H,4,7H2,1-2H3. The van der Waals surface area contributed by atoms with Crippen molar-refractivity contribution in [1.82, 2.24) is 19.7 Å². The quantitative estimate of drug-likeness (QED) is 0.592. The van der Waals surface area contributed by atoms with Gasteiger partial charge < -0.3 is 0 Å². The number of benzene rings is 1. The van der Waals surface area contributed by atoms with Gasteiger partial charge in [0.2, 0.25) is 0 Å². The minimum Gasteiger partial charge on any atom is -0.284 e. The molecule has 3 aromatic rings. The van der Waals surface area contributed by atoms with Gasteiger partial charge in [-0.3, -0.25) is 14.3 Å². The van der Waals surface area contributed by atoms with Gasteiger partial charge in [-0.05, 0) is 56.5 Å². The Morgan fingerprint density at radius 2 is 1.94 bits per heavy atom. The van der Waals surface area contributed by atoms with Crippen LogP contribution >= 0.6 is 0 Å². The number of hydrogen-bond acceptors (Lipinski definition) is 4. The zero-order valence-corrected chi connectivity index (χ0v) is 17.5. The van der Waals surface area contributed by atoms with Crippen molar-refractivity contribution in [3.05, 3.63) is 77.0 Å². The first kappa shape index (κ1) is 20.4. The third-order valence-corrected chi connectivity index (χ3v) is 6.00. The number of anilines is 1. The number of rotatable bonds is 3. The Hall–Kier alpha value is -3.49. The van der Waals surface area contributed by atoms with Gasteiger partial charge in [-0.25, -0.2) is 4.98 Å². The number of allylic oxidation sites excluding steroid dienone is 1. The molecule has 2 aromatic heterocycles. The summed E-state index contributed by atoms with van der Waals surface area (Å²) in [6, 6.07) is 9.05. The fourth-order valence-corrected chi connectivity index (χ4v) is 4.65. The number of hydrogen-bond donors (Lipinski definition) is 0. The molecule has 9 heteroatoms. The molecule has 0 bridgehead atoms. The number of nitrogens with zero attached hydrogens (tertiary/aromatic N) is 5. The van der Waals surface area contributed by atoms with Gasteiger partial charge in [0, 0.05) is 22.9 Å². The van der Waals surface area contributed by atoms with Crippen LogP contribution in [0.1, 0.15) is 41.5 Å². The van der Waals surface area contributed by atoms with Crippen molar-refractivity contribution in [1.29, 1.82) is 0 Å². The summed E-state index contributed by atoms with van der Waals surface area (Å²) in [5, 5.41) is 8.38. The average Bonchev–Trinajstić information content (AvgIpc) is 3.44. The summed E-state index contributed by atoms with van der Waals surface area (Å²) in [7, 11) is 0. The molecule has 2 aliphatic rings. The molecule has 0 radical (unpaired) electrons. The highest BCUT2D eigenvalue weighted by molar-refractivity contribution is 6.09. The van der Waals surface area contributed by atoms with Crippen molar-refractivity contribution in [2.45, 2.75) is 38.9 Å². The molecule has 1 amide bonds. The maximum Gasteiger partial charge on any atom is 0.416 e. The van der Waals surface area contributed by atoms with Crippen LogP contribution in [0.25, 0.3) is 5.69 Å². The molecule has 0 spiro atoms. The van der Waals surface area contributed by atoms with Crippen LogP contribution in [-0.2, 0) is 11.0 Å².